The number of nitrogens with zero attached hydrogens (tertiary/aromatic N) is 2. The lowest BCUT2D eigenvalue weighted by molar-refractivity contribution is 0.0484. The third-order valence-electron chi connectivity index (χ3n) is 5.18. The Morgan fingerprint density at radius 1 is 0.912 bits per heavy atom. The Hall–Kier alpha value is -2.53. The molecule has 4 aromatic rings. The summed E-state index contributed by atoms with van der Waals surface area (Å²) >= 11 is 0. The lowest BCUT2D eigenvalue weighted by atomic mass is 10.1. The summed E-state index contributed by atoms with van der Waals surface area (Å²) in [6, 6.07) is 17.1. The molecule has 0 spiro atoms. The molecule has 0 fully saturated rings. The van der Waals surface area contributed by atoms with E-state index in [1.807, 2.05) is 84.0 Å². The van der Waals surface area contributed by atoms with E-state index in [9.17, 15) is 4.57 Å². The summed E-state index contributed by atoms with van der Waals surface area (Å²) in [6.45, 7) is 11.4. The van der Waals surface area contributed by atoms with Crippen molar-refractivity contribution < 1.29 is 18.0 Å². The average Bonchev–Trinajstić information content (AvgIpc) is 3.01. The molecule has 0 saturated heterocycles. The number of benzene rings is 2. The Bertz CT molecular complexity index is 1310. The van der Waals surface area contributed by atoms with Crippen LogP contribution in [0.1, 0.15) is 52.7 Å². The van der Waals surface area contributed by atoms with Crippen LogP contribution in [-0.2, 0) is 26.3 Å². The standard InChI is InChI=1S/C27H32FN2O3P/c1-26(2,3)32-34(31,33-27(4,5)6)18-20-14-13-19(16-22(20)28)17-30-23-11-8-7-10-21(23)25-24(30)12-9-15-29-25/h7-16H,17-18H2,1-6H3. The van der Waals surface area contributed by atoms with Crippen molar-refractivity contribution >= 4 is 29.5 Å². The van der Waals surface area contributed by atoms with E-state index in [0.29, 0.717) is 12.1 Å². The monoisotopic (exact) mass is 482 g/mol. The lowest BCUT2D eigenvalue weighted by Crippen LogP contribution is -2.24. The maximum absolute atomic E-state index is 15.2. The Morgan fingerprint density at radius 3 is 2.21 bits per heavy atom. The first-order valence-corrected chi connectivity index (χ1v) is 13.2. The third kappa shape index (κ3) is 5.57. The van der Waals surface area contributed by atoms with Crippen molar-refractivity contribution in [2.45, 2.75) is 65.5 Å². The van der Waals surface area contributed by atoms with Gasteiger partial charge in [-0.25, -0.2) is 4.39 Å². The van der Waals surface area contributed by atoms with E-state index in [4.69, 9.17) is 9.05 Å². The Labute approximate surface area is 200 Å². The Kier molecular flexibility index (Phi) is 6.45. The van der Waals surface area contributed by atoms with Gasteiger partial charge in [-0.3, -0.25) is 9.55 Å². The van der Waals surface area contributed by atoms with Crippen LogP contribution in [0.25, 0.3) is 21.9 Å². The summed E-state index contributed by atoms with van der Waals surface area (Å²) < 4.78 is 42.6. The van der Waals surface area contributed by atoms with E-state index in [1.165, 1.54) is 6.07 Å². The summed E-state index contributed by atoms with van der Waals surface area (Å²) in [6.07, 6.45) is 1.65. The largest absolute Gasteiger partial charge is 0.336 e. The van der Waals surface area contributed by atoms with Gasteiger partial charge in [-0.15, -0.1) is 0 Å². The highest BCUT2D eigenvalue weighted by molar-refractivity contribution is 7.53. The minimum absolute atomic E-state index is 0.132. The van der Waals surface area contributed by atoms with Gasteiger partial charge in [0.2, 0.25) is 0 Å². The number of fused-ring (bicyclic) bond motifs is 3. The minimum atomic E-state index is -3.60. The van der Waals surface area contributed by atoms with Crippen molar-refractivity contribution in [1.29, 1.82) is 0 Å². The van der Waals surface area contributed by atoms with Crippen LogP contribution in [0.4, 0.5) is 4.39 Å². The van der Waals surface area contributed by atoms with Crippen molar-refractivity contribution in [2.24, 2.45) is 0 Å². The van der Waals surface area contributed by atoms with Crippen LogP contribution in [-0.4, -0.2) is 20.8 Å². The van der Waals surface area contributed by atoms with E-state index < -0.39 is 24.6 Å². The molecule has 2 aromatic carbocycles. The number of para-hydroxylation sites is 1. The zero-order chi connectivity index (χ0) is 24.7. The van der Waals surface area contributed by atoms with Crippen molar-refractivity contribution in [3.8, 4) is 0 Å². The summed E-state index contributed by atoms with van der Waals surface area (Å²) in [5.74, 6) is -0.424. The molecule has 7 heteroatoms. The van der Waals surface area contributed by atoms with Gasteiger partial charge in [-0.1, -0.05) is 30.3 Å². The summed E-state index contributed by atoms with van der Waals surface area (Å²) in [5, 5.41) is 1.06. The Balaban J connectivity index is 1.66. The molecule has 0 radical (unpaired) electrons. The molecule has 0 aliphatic heterocycles. The van der Waals surface area contributed by atoms with Crippen LogP contribution in [0.3, 0.4) is 0 Å². The molecule has 0 atom stereocenters. The van der Waals surface area contributed by atoms with Gasteiger partial charge in [0.25, 0.3) is 0 Å². The second kappa shape index (κ2) is 8.92. The molecular formula is C27H32FN2O3P. The third-order valence-corrected chi connectivity index (χ3v) is 7.56. The van der Waals surface area contributed by atoms with Gasteiger partial charge < -0.3 is 13.6 Å². The second-order valence-electron chi connectivity index (χ2n) is 10.6. The van der Waals surface area contributed by atoms with Crippen molar-refractivity contribution in [3.05, 3.63) is 77.7 Å². The minimum Gasteiger partial charge on any atom is -0.335 e. The molecular weight excluding hydrogens is 450 g/mol. The fourth-order valence-corrected chi connectivity index (χ4v) is 6.67. The van der Waals surface area contributed by atoms with Crippen LogP contribution < -0.4 is 0 Å². The number of rotatable bonds is 6. The van der Waals surface area contributed by atoms with Gasteiger partial charge in [0.1, 0.15) is 5.82 Å². The topological polar surface area (TPSA) is 53.4 Å². The number of halogens is 1. The molecule has 34 heavy (non-hydrogen) atoms. The highest BCUT2D eigenvalue weighted by atomic mass is 31.2. The van der Waals surface area contributed by atoms with E-state index >= 15 is 4.39 Å². The maximum atomic E-state index is 15.2. The predicted octanol–water partition coefficient (Wildman–Crippen LogP) is 7.70. The van der Waals surface area contributed by atoms with Gasteiger partial charge in [0, 0.05) is 18.1 Å². The van der Waals surface area contributed by atoms with Gasteiger partial charge >= 0.3 is 7.60 Å². The second-order valence-corrected chi connectivity index (χ2v) is 12.5. The Morgan fingerprint density at radius 2 is 1.56 bits per heavy atom. The first-order valence-electron chi connectivity index (χ1n) is 11.4. The van der Waals surface area contributed by atoms with Crippen molar-refractivity contribution in [2.75, 3.05) is 0 Å². The molecule has 0 amide bonds. The fraction of sp³-hybridized carbons (Fsp3) is 0.370. The molecule has 0 aliphatic carbocycles. The number of hydrogen-bond acceptors (Lipinski definition) is 4. The van der Waals surface area contributed by atoms with Crippen molar-refractivity contribution in [3.63, 3.8) is 0 Å². The SMILES string of the molecule is CC(C)(C)OP(=O)(Cc1ccc(Cn2c3ccccc3c3ncccc32)cc1F)OC(C)(C)C. The predicted molar refractivity (Wildman–Crippen MR) is 136 cm³/mol. The number of aromatic nitrogens is 2. The highest BCUT2D eigenvalue weighted by Gasteiger charge is 2.36. The molecule has 0 unspecified atom stereocenters. The molecule has 0 N–H and O–H groups in total. The van der Waals surface area contributed by atoms with E-state index in [2.05, 4.69) is 9.55 Å². The molecule has 4 rings (SSSR count). The molecule has 0 aliphatic rings. The van der Waals surface area contributed by atoms with Gasteiger partial charge in [-0.05, 0) is 76.9 Å². The number of pyridine rings is 1. The highest BCUT2D eigenvalue weighted by Crippen LogP contribution is 2.57. The zero-order valence-corrected chi connectivity index (χ0v) is 21.5. The lowest BCUT2D eigenvalue weighted by Gasteiger charge is -2.32. The van der Waals surface area contributed by atoms with E-state index in [1.54, 1.807) is 12.3 Å². The van der Waals surface area contributed by atoms with Crippen LogP contribution in [0.2, 0.25) is 0 Å². The van der Waals surface area contributed by atoms with Gasteiger partial charge in [0.15, 0.2) is 0 Å². The fourth-order valence-electron chi connectivity index (χ4n) is 4.16. The maximum Gasteiger partial charge on any atom is 0.336 e. The quantitative estimate of drug-likeness (QED) is 0.264. The summed E-state index contributed by atoms with van der Waals surface area (Å²) in [5.41, 5.74) is 2.69. The molecule has 5 nitrogen and oxygen atoms in total. The number of hydrogen-bond donors (Lipinski definition) is 0. The smallest absolute Gasteiger partial charge is 0.335 e. The van der Waals surface area contributed by atoms with Crippen LogP contribution in [0.15, 0.2) is 60.8 Å². The van der Waals surface area contributed by atoms with Gasteiger partial charge in [0.05, 0.1) is 33.9 Å². The van der Waals surface area contributed by atoms with E-state index in [0.717, 1.165) is 27.5 Å². The molecule has 0 bridgehead atoms. The van der Waals surface area contributed by atoms with Crippen molar-refractivity contribution in [1.82, 2.24) is 9.55 Å². The molecule has 2 aromatic heterocycles. The van der Waals surface area contributed by atoms with Gasteiger partial charge in [-0.2, -0.15) is 0 Å². The normalized spacial score (nSPS) is 13.1. The van der Waals surface area contributed by atoms with Crippen LogP contribution >= 0.6 is 7.60 Å². The summed E-state index contributed by atoms with van der Waals surface area (Å²) in [7, 11) is -3.60. The van der Waals surface area contributed by atoms with Crippen LogP contribution in [0, 0.1) is 5.82 Å². The average molecular weight is 483 g/mol. The van der Waals surface area contributed by atoms with E-state index in [-0.39, 0.29) is 6.16 Å². The first-order chi connectivity index (χ1) is 15.8. The molecule has 0 saturated carbocycles. The first kappa shape index (κ1) is 24.6. The molecule has 2 heterocycles. The van der Waals surface area contributed by atoms with Crippen LogP contribution in [0.5, 0.6) is 0 Å². The molecule has 180 valence electrons. The summed E-state index contributed by atoms with van der Waals surface area (Å²) in [4.78, 5) is 4.55. The zero-order valence-electron chi connectivity index (χ0n) is 20.6.